The molecular weight excluding hydrogens is 273 g/mol. The van der Waals surface area contributed by atoms with E-state index in [9.17, 15) is 10.1 Å². The molecule has 100 valence electrons. The number of hydrogen-bond donors (Lipinski definition) is 1. The summed E-state index contributed by atoms with van der Waals surface area (Å²) in [5.74, 6) is 0. The number of aromatic amines is 1. The zero-order valence-corrected chi connectivity index (χ0v) is 11.6. The van der Waals surface area contributed by atoms with Crippen LogP contribution in [0.5, 0.6) is 0 Å². The summed E-state index contributed by atoms with van der Waals surface area (Å²) in [5.41, 5.74) is 3.66. The largest absolute Gasteiger partial charge is 0.325 e. The van der Waals surface area contributed by atoms with Crippen LogP contribution in [0.1, 0.15) is 29.7 Å². The SMILES string of the molecule is N#C[13c]1c(-c2ccc(Cl)cc2)c2c([nH]c1=O)CCCC2. The van der Waals surface area contributed by atoms with Gasteiger partial charge in [-0.2, -0.15) is 5.26 Å². The molecule has 0 saturated carbocycles. The second kappa shape index (κ2) is 5.15. The molecule has 0 fully saturated rings. The van der Waals surface area contributed by atoms with Crippen LogP contribution in [0.15, 0.2) is 29.1 Å². The fourth-order valence-corrected chi connectivity index (χ4v) is 2.95. The van der Waals surface area contributed by atoms with E-state index in [1.165, 1.54) is 0 Å². The van der Waals surface area contributed by atoms with Crippen molar-refractivity contribution in [1.29, 1.82) is 5.26 Å². The maximum absolute atomic E-state index is 12.1. The van der Waals surface area contributed by atoms with E-state index in [4.69, 9.17) is 11.6 Å². The first kappa shape index (κ1) is 13.0. The van der Waals surface area contributed by atoms with Crippen molar-refractivity contribution in [3.05, 3.63) is 56.5 Å². The van der Waals surface area contributed by atoms with Gasteiger partial charge < -0.3 is 4.98 Å². The first-order valence-electron chi connectivity index (χ1n) is 6.65. The van der Waals surface area contributed by atoms with Crippen LogP contribution < -0.4 is 5.56 Å². The number of rotatable bonds is 1. The predicted molar refractivity (Wildman–Crippen MR) is 78.9 cm³/mol. The third kappa shape index (κ3) is 2.13. The van der Waals surface area contributed by atoms with Gasteiger partial charge in [0.2, 0.25) is 0 Å². The van der Waals surface area contributed by atoms with Crippen molar-refractivity contribution in [2.45, 2.75) is 25.7 Å². The summed E-state index contributed by atoms with van der Waals surface area (Å²) < 4.78 is 0. The second-order valence-corrected chi connectivity index (χ2v) is 5.42. The molecule has 1 aliphatic rings. The Morgan fingerprint density at radius 3 is 2.55 bits per heavy atom. The van der Waals surface area contributed by atoms with Crippen molar-refractivity contribution >= 4 is 11.6 Å². The number of aromatic nitrogens is 1. The van der Waals surface area contributed by atoms with E-state index in [1.54, 1.807) is 12.1 Å². The lowest BCUT2D eigenvalue weighted by molar-refractivity contribution is 0.666. The quantitative estimate of drug-likeness (QED) is 0.872. The van der Waals surface area contributed by atoms with Crippen molar-refractivity contribution in [3.8, 4) is 17.2 Å². The minimum Gasteiger partial charge on any atom is -0.325 e. The number of nitrogens with one attached hydrogen (secondary N) is 1. The van der Waals surface area contributed by atoms with Gasteiger partial charge in [-0.05, 0) is 48.9 Å². The molecule has 0 unspecified atom stereocenters. The molecule has 20 heavy (non-hydrogen) atoms. The maximum Gasteiger partial charge on any atom is 0.266 e. The van der Waals surface area contributed by atoms with E-state index in [0.717, 1.165) is 48.1 Å². The van der Waals surface area contributed by atoms with Crippen LogP contribution >= 0.6 is 11.6 Å². The van der Waals surface area contributed by atoms with Gasteiger partial charge in [-0.1, -0.05) is 23.7 Å². The summed E-state index contributed by atoms with van der Waals surface area (Å²) in [5, 5.41) is 9.97. The van der Waals surface area contributed by atoms with Gasteiger partial charge in [0, 0.05) is 16.3 Å². The van der Waals surface area contributed by atoms with E-state index in [0.29, 0.717) is 5.02 Å². The van der Waals surface area contributed by atoms with Crippen LogP contribution in [-0.4, -0.2) is 4.98 Å². The summed E-state index contributed by atoms with van der Waals surface area (Å²) in [4.78, 5) is 14.9. The normalized spacial score (nSPS) is 13.6. The Kier molecular flexibility index (Phi) is 3.33. The molecule has 1 aromatic carbocycles. The molecule has 2 aromatic rings. The molecule has 3 rings (SSSR count). The van der Waals surface area contributed by atoms with Gasteiger partial charge in [0.1, 0.15) is 11.6 Å². The molecule has 0 atom stereocenters. The Balaban J connectivity index is 2.32. The molecule has 0 spiro atoms. The molecule has 3 nitrogen and oxygen atoms in total. The van der Waals surface area contributed by atoms with Gasteiger partial charge in [0.15, 0.2) is 0 Å². The third-order valence-corrected chi connectivity index (χ3v) is 4.01. The van der Waals surface area contributed by atoms with E-state index >= 15 is 0 Å². The molecule has 1 heterocycles. The first-order chi connectivity index (χ1) is 9.70. The molecule has 0 saturated heterocycles. The lowest BCUT2D eigenvalue weighted by atomic mass is 9.91. The number of fused-ring (bicyclic) bond motifs is 1. The highest BCUT2D eigenvalue weighted by atomic mass is 35.5. The van der Waals surface area contributed by atoms with Crippen molar-refractivity contribution < 1.29 is 0 Å². The summed E-state index contributed by atoms with van der Waals surface area (Å²) in [6.07, 6.45) is 3.94. The maximum atomic E-state index is 12.1. The van der Waals surface area contributed by atoms with Crippen molar-refractivity contribution in [3.63, 3.8) is 0 Å². The van der Waals surface area contributed by atoms with Crippen molar-refractivity contribution in [2.75, 3.05) is 0 Å². The fourth-order valence-electron chi connectivity index (χ4n) is 2.82. The molecule has 0 amide bonds. The average Bonchev–Trinajstić information content (AvgIpc) is 2.47. The highest BCUT2D eigenvalue weighted by Crippen LogP contribution is 2.32. The highest BCUT2D eigenvalue weighted by molar-refractivity contribution is 6.30. The number of pyridine rings is 1. The Morgan fingerprint density at radius 1 is 1.15 bits per heavy atom. The van der Waals surface area contributed by atoms with Gasteiger partial charge in [-0.15, -0.1) is 0 Å². The number of nitrogens with zero attached hydrogens (tertiary/aromatic N) is 1. The van der Waals surface area contributed by atoms with E-state index in [1.807, 2.05) is 12.1 Å². The highest BCUT2D eigenvalue weighted by Gasteiger charge is 2.20. The smallest absolute Gasteiger partial charge is 0.266 e. The molecule has 0 bridgehead atoms. The third-order valence-electron chi connectivity index (χ3n) is 3.76. The minimum atomic E-state index is -0.293. The predicted octanol–water partition coefficient (Wildman–Crippen LogP) is 3.45. The van der Waals surface area contributed by atoms with Crippen LogP contribution in [-0.2, 0) is 12.8 Å². The number of H-pyrrole nitrogens is 1. The lowest BCUT2D eigenvalue weighted by Gasteiger charge is -2.20. The second-order valence-electron chi connectivity index (χ2n) is 4.99. The Bertz CT molecular complexity index is 754. The van der Waals surface area contributed by atoms with E-state index < -0.39 is 0 Å². The zero-order chi connectivity index (χ0) is 14.1. The van der Waals surface area contributed by atoms with Gasteiger partial charge in [-0.3, -0.25) is 4.79 Å². The summed E-state index contributed by atoms with van der Waals surface area (Å²) >= 11 is 5.91. The number of halogens is 1. The number of aryl methyl sites for hydroxylation is 1. The number of hydrogen-bond acceptors (Lipinski definition) is 2. The topological polar surface area (TPSA) is 56.6 Å². The summed E-state index contributed by atoms with van der Waals surface area (Å²) in [6, 6.07) is 9.36. The van der Waals surface area contributed by atoms with Gasteiger partial charge in [0.05, 0.1) is 0 Å². The monoisotopic (exact) mass is 285 g/mol. The molecule has 0 radical (unpaired) electrons. The average molecular weight is 286 g/mol. The molecule has 0 aliphatic heterocycles. The molecule has 4 heteroatoms. The Labute approximate surface area is 121 Å². The lowest BCUT2D eigenvalue weighted by Crippen LogP contribution is -2.20. The molecular formula is C16H13ClN2O. The van der Waals surface area contributed by atoms with Crippen LogP contribution in [0.2, 0.25) is 5.02 Å². The van der Waals surface area contributed by atoms with E-state index in [2.05, 4.69) is 11.1 Å². The van der Waals surface area contributed by atoms with Crippen molar-refractivity contribution in [2.24, 2.45) is 0 Å². The summed E-state index contributed by atoms with van der Waals surface area (Å²) in [6.45, 7) is 0. The standard InChI is InChI=1S/C16H13ClN2O/c17-11-7-5-10(6-8-11)15-12-3-1-2-4-14(12)19-16(20)13(15)9-18/h5-8H,1-4H2,(H,19,20)/i13+1. The molecule has 1 N–H and O–H groups in total. The Morgan fingerprint density at radius 2 is 1.85 bits per heavy atom. The Hall–Kier alpha value is -2.05. The molecule has 1 aliphatic carbocycles. The van der Waals surface area contributed by atoms with Gasteiger partial charge >= 0.3 is 0 Å². The molecule has 1 aromatic heterocycles. The van der Waals surface area contributed by atoms with Crippen molar-refractivity contribution in [1.82, 2.24) is 4.98 Å². The fraction of sp³-hybridized carbons (Fsp3) is 0.250. The van der Waals surface area contributed by atoms with Gasteiger partial charge in [-0.25, -0.2) is 0 Å². The number of benzene rings is 1. The summed E-state index contributed by atoms with van der Waals surface area (Å²) in [7, 11) is 0. The van der Waals surface area contributed by atoms with Gasteiger partial charge in [0.25, 0.3) is 5.56 Å². The van der Waals surface area contributed by atoms with Crippen LogP contribution in [0.25, 0.3) is 11.1 Å². The van der Waals surface area contributed by atoms with Crippen LogP contribution in [0.3, 0.4) is 0 Å². The zero-order valence-electron chi connectivity index (χ0n) is 10.9. The number of nitriles is 1. The van der Waals surface area contributed by atoms with Crippen LogP contribution in [0, 0.1) is 11.3 Å². The first-order valence-corrected chi connectivity index (χ1v) is 7.02. The minimum absolute atomic E-state index is 0.202. The van der Waals surface area contributed by atoms with Crippen LogP contribution in [0.4, 0.5) is 0 Å². The van der Waals surface area contributed by atoms with E-state index in [-0.39, 0.29) is 11.1 Å².